The van der Waals surface area contributed by atoms with Gasteiger partial charge in [0.2, 0.25) is 0 Å². The van der Waals surface area contributed by atoms with E-state index in [1.54, 1.807) is 42.5 Å². The Hall–Kier alpha value is -0.587. The number of rotatable bonds is 5. The maximum atomic E-state index is 12.3. The van der Waals surface area contributed by atoms with E-state index in [9.17, 15) is 14.0 Å². The molecule has 4 rings (SSSR count). The van der Waals surface area contributed by atoms with Crippen LogP contribution in [0.4, 0.5) is 4.39 Å². The number of aromatic hydroxyl groups is 1. The molecule has 4 aromatic rings. The van der Waals surface area contributed by atoms with Crippen LogP contribution in [0, 0.1) is 5.82 Å². The summed E-state index contributed by atoms with van der Waals surface area (Å²) in [5.41, 5.74) is 1.07. The summed E-state index contributed by atoms with van der Waals surface area (Å²) in [6.45, 7) is -0.181. The molecule has 0 radical (unpaired) electrons. The van der Waals surface area contributed by atoms with Gasteiger partial charge in [0.05, 0.1) is 0 Å². The molecule has 0 amide bonds. The first-order chi connectivity index (χ1) is 17.8. The molecule has 12 heteroatoms. The van der Waals surface area contributed by atoms with Gasteiger partial charge in [0.25, 0.3) is 6.47 Å². The van der Waals surface area contributed by atoms with Gasteiger partial charge >= 0.3 is 103 Å². The number of benzene rings is 4. The van der Waals surface area contributed by atoms with Crippen molar-refractivity contribution in [2.45, 2.75) is 7.43 Å². The Morgan fingerprint density at radius 1 is 0.725 bits per heavy atom. The van der Waals surface area contributed by atoms with Crippen molar-refractivity contribution in [3.8, 4) is 17.2 Å². The first kappa shape index (κ1) is 43.9. The van der Waals surface area contributed by atoms with Crippen LogP contribution in [0.3, 0.4) is 0 Å². The molecule has 0 fully saturated rings. The number of para-hydroxylation sites is 2. The summed E-state index contributed by atoms with van der Waals surface area (Å²) in [4.78, 5) is 32.1. The zero-order chi connectivity index (χ0) is 27.5. The van der Waals surface area contributed by atoms with Gasteiger partial charge in [0.1, 0.15) is 23.1 Å². The predicted molar refractivity (Wildman–Crippen MR) is 149 cm³/mol. The van der Waals surface area contributed by atoms with Crippen molar-refractivity contribution < 1.29 is 143 Å². The Balaban J connectivity index is -0.000000239. The molecule has 0 aromatic heterocycles. The number of hydrogen-bond acceptors (Lipinski definition) is 7. The van der Waals surface area contributed by atoms with Crippen LogP contribution in [0.2, 0.25) is 0 Å². The standard InChI is InChI=1S/C13H9BrO2.C7H4BrFO.C6H6O.CH2O3.CH4.2K.H/c14-13-8-12(7-6-10(13)9-15)16-11-4-2-1-3-5-11;8-7-3-6(9)2-1-5(7)4-10;7-6-4-2-1-3-5-6;2-1-4-3;;;;/h1-9H;1-4H;1-5,7H;1,3H;1H4;;;/q;;;;;2*+1;-1/p-1. The molecule has 202 valence electrons. The number of ether oxygens (including phenoxy) is 1. The minimum atomic E-state index is -0.350. The SMILES string of the molecule is C.O=CO[O-].O=Cc1ccc(F)cc1Br.O=Cc1ccc(Oc2ccccc2)cc1Br.Oc1ccccc1.[H-].[K+].[K+]. The minimum Gasteiger partial charge on any atom is -1.00 e. The van der Waals surface area contributed by atoms with Crippen molar-refractivity contribution >= 4 is 50.9 Å². The van der Waals surface area contributed by atoms with Crippen LogP contribution in [0.1, 0.15) is 29.6 Å². The van der Waals surface area contributed by atoms with Gasteiger partial charge in [-0.1, -0.05) is 43.8 Å². The van der Waals surface area contributed by atoms with Crippen LogP contribution >= 0.6 is 31.9 Å². The average Bonchev–Trinajstić information content (AvgIpc) is 2.91. The van der Waals surface area contributed by atoms with Crippen molar-refractivity contribution in [1.82, 2.24) is 0 Å². The van der Waals surface area contributed by atoms with E-state index < -0.39 is 0 Å². The molecule has 7 nitrogen and oxygen atoms in total. The van der Waals surface area contributed by atoms with Gasteiger partial charge in [-0.05, 0) is 92.5 Å². The fourth-order valence-corrected chi connectivity index (χ4v) is 3.21. The van der Waals surface area contributed by atoms with Crippen molar-refractivity contribution in [1.29, 1.82) is 0 Å². The Bertz CT molecular complexity index is 1260. The molecular weight excluding hydrogens is 705 g/mol. The number of phenolic OH excluding ortho intramolecular Hbond substituents is 1. The van der Waals surface area contributed by atoms with Crippen LogP contribution in [0.25, 0.3) is 0 Å². The molecule has 0 bridgehead atoms. The molecule has 0 unspecified atom stereocenters. The maximum absolute atomic E-state index is 12.3. The van der Waals surface area contributed by atoms with E-state index in [2.05, 4.69) is 36.7 Å². The zero-order valence-electron chi connectivity index (χ0n) is 22.0. The predicted octanol–water partition coefficient (Wildman–Crippen LogP) is 1.04. The van der Waals surface area contributed by atoms with E-state index in [-0.39, 0.29) is 124 Å². The third-order valence-electron chi connectivity index (χ3n) is 3.96. The molecular formula is C28H25Br2FK2O7. The summed E-state index contributed by atoms with van der Waals surface area (Å²) in [6, 6.07) is 27.4. The summed E-state index contributed by atoms with van der Waals surface area (Å²) >= 11 is 6.35. The van der Waals surface area contributed by atoms with Gasteiger partial charge < -0.3 is 21.4 Å². The van der Waals surface area contributed by atoms with Crippen molar-refractivity contribution in [2.24, 2.45) is 0 Å². The van der Waals surface area contributed by atoms with E-state index in [4.69, 9.17) is 19.9 Å². The molecule has 0 aliphatic rings. The summed E-state index contributed by atoms with van der Waals surface area (Å²) in [5, 5.41) is 17.1. The van der Waals surface area contributed by atoms with E-state index in [1.165, 1.54) is 18.2 Å². The zero-order valence-corrected chi connectivity index (χ0v) is 30.4. The molecule has 0 heterocycles. The van der Waals surface area contributed by atoms with E-state index in [0.717, 1.165) is 16.5 Å². The number of carbonyl (C=O) groups is 3. The second-order valence-electron chi connectivity index (χ2n) is 6.53. The van der Waals surface area contributed by atoms with Gasteiger partial charge in [-0.15, -0.1) is 0 Å². The van der Waals surface area contributed by atoms with Crippen molar-refractivity contribution in [3.63, 3.8) is 0 Å². The van der Waals surface area contributed by atoms with Gasteiger partial charge in [-0.25, -0.2) is 4.39 Å². The molecule has 0 aliphatic carbocycles. The fraction of sp³-hybridized carbons (Fsp3) is 0.0357. The van der Waals surface area contributed by atoms with Crippen molar-refractivity contribution in [3.05, 3.63) is 123 Å². The molecule has 0 spiro atoms. The first-order valence-electron chi connectivity index (χ1n) is 10.2. The Kier molecular flexibility index (Phi) is 29.9. The third kappa shape index (κ3) is 19.5. The average molecular weight is 731 g/mol. The Labute approximate surface area is 336 Å². The first-order valence-corrected chi connectivity index (χ1v) is 11.8. The summed E-state index contributed by atoms with van der Waals surface area (Å²) in [5.74, 6) is 1.44. The van der Waals surface area contributed by atoms with Crippen molar-refractivity contribution in [2.75, 3.05) is 0 Å². The second-order valence-corrected chi connectivity index (χ2v) is 8.24. The van der Waals surface area contributed by atoms with Gasteiger partial charge in [-0.3, -0.25) is 14.4 Å². The largest absolute Gasteiger partial charge is 1.00 e. The topological polar surface area (TPSA) is 113 Å². The minimum absolute atomic E-state index is 0. The molecule has 0 aliphatic heterocycles. The number of carbonyl (C=O) groups excluding carboxylic acids is 3. The molecule has 0 saturated heterocycles. The summed E-state index contributed by atoms with van der Waals surface area (Å²) < 4.78 is 19.2. The fourth-order valence-electron chi connectivity index (χ4n) is 2.32. The monoisotopic (exact) mass is 728 g/mol. The van der Waals surface area contributed by atoms with E-state index in [1.807, 2.05) is 36.4 Å². The van der Waals surface area contributed by atoms with Crippen LogP contribution in [0.5, 0.6) is 17.2 Å². The number of phenols is 1. The van der Waals surface area contributed by atoms with Gasteiger partial charge in [0.15, 0.2) is 12.6 Å². The molecule has 1 N–H and O–H groups in total. The van der Waals surface area contributed by atoms with Crippen LogP contribution in [-0.4, -0.2) is 24.2 Å². The number of hydrogen-bond donors (Lipinski definition) is 1. The maximum Gasteiger partial charge on any atom is 1.00 e. The van der Waals surface area contributed by atoms with E-state index >= 15 is 0 Å². The third-order valence-corrected chi connectivity index (χ3v) is 5.34. The molecule has 4 aromatic carbocycles. The smallest absolute Gasteiger partial charge is 1.00 e. The summed E-state index contributed by atoms with van der Waals surface area (Å²) in [6.07, 6.45) is 1.47. The van der Waals surface area contributed by atoms with Gasteiger partial charge in [0, 0.05) is 20.1 Å². The van der Waals surface area contributed by atoms with Crippen LogP contribution in [0.15, 0.2) is 106 Å². The second kappa shape index (κ2) is 27.3. The van der Waals surface area contributed by atoms with Crippen LogP contribution < -0.4 is 113 Å². The molecule has 0 saturated carbocycles. The Morgan fingerprint density at radius 3 is 1.55 bits per heavy atom. The van der Waals surface area contributed by atoms with Gasteiger partial charge in [-0.2, -0.15) is 0 Å². The normalized spacial score (nSPS) is 8.30. The van der Waals surface area contributed by atoms with E-state index in [0.29, 0.717) is 33.4 Å². The number of halogens is 3. The molecule has 0 atom stereocenters. The number of aldehydes is 2. The summed E-state index contributed by atoms with van der Waals surface area (Å²) in [7, 11) is 0. The molecule has 40 heavy (non-hydrogen) atoms. The Morgan fingerprint density at radius 2 is 1.18 bits per heavy atom. The van der Waals surface area contributed by atoms with Crippen LogP contribution in [-0.2, 0) is 9.68 Å². The quantitative estimate of drug-likeness (QED) is 0.142.